The van der Waals surface area contributed by atoms with Crippen molar-refractivity contribution in [1.29, 1.82) is 0 Å². The van der Waals surface area contributed by atoms with Crippen LogP contribution in [0.3, 0.4) is 0 Å². The van der Waals surface area contributed by atoms with E-state index >= 15 is 0 Å². The summed E-state index contributed by atoms with van der Waals surface area (Å²) in [6.07, 6.45) is 5.33. The molecule has 0 unspecified atom stereocenters. The molecule has 0 radical (unpaired) electrons. The summed E-state index contributed by atoms with van der Waals surface area (Å²) in [5, 5.41) is 4.50. The van der Waals surface area contributed by atoms with Crippen molar-refractivity contribution < 1.29 is 4.74 Å². The zero-order valence-electron chi connectivity index (χ0n) is 11.8. The molecule has 1 aromatic heterocycles. The van der Waals surface area contributed by atoms with Gasteiger partial charge >= 0.3 is 0 Å². The molecular weight excluding hydrogens is 258 g/mol. The van der Waals surface area contributed by atoms with E-state index in [1.54, 1.807) is 0 Å². The Bertz CT molecular complexity index is 422. The van der Waals surface area contributed by atoms with Gasteiger partial charge in [-0.05, 0) is 32.7 Å². The first-order chi connectivity index (χ1) is 9.31. The molecule has 19 heavy (non-hydrogen) atoms. The predicted molar refractivity (Wildman–Crippen MR) is 79.1 cm³/mol. The molecule has 4 nitrogen and oxygen atoms in total. The highest BCUT2D eigenvalue weighted by atomic mass is 32.1. The second kappa shape index (κ2) is 5.77. The summed E-state index contributed by atoms with van der Waals surface area (Å²) in [6.45, 7) is 3.11. The fourth-order valence-corrected chi connectivity index (χ4v) is 3.94. The van der Waals surface area contributed by atoms with Crippen molar-refractivity contribution in [2.45, 2.75) is 44.2 Å². The molecule has 1 N–H and O–H groups in total. The second-order valence-corrected chi connectivity index (χ2v) is 6.59. The van der Waals surface area contributed by atoms with Gasteiger partial charge in [-0.1, -0.05) is 0 Å². The monoisotopic (exact) mass is 281 g/mol. The lowest BCUT2D eigenvalue weighted by molar-refractivity contribution is 0.0819. The number of nitrogens with zero attached hydrogens (tertiary/aromatic N) is 2. The van der Waals surface area contributed by atoms with Crippen LogP contribution in [0, 0.1) is 0 Å². The number of thiazole rings is 1. The van der Waals surface area contributed by atoms with E-state index in [-0.39, 0.29) is 0 Å². The highest BCUT2D eigenvalue weighted by molar-refractivity contribution is 7.15. The van der Waals surface area contributed by atoms with Gasteiger partial charge in [-0.3, -0.25) is 0 Å². The molecular formula is C14H23N3OS. The maximum atomic E-state index is 5.44. The number of nitrogens with one attached hydrogen (secondary N) is 1. The number of methoxy groups -OCH3 is 1. The van der Waals surface area contributed by atoms with Crippen LogP contribution in [0.25, 0.3) is 0 Å². The van der Waals surface area contributed by atoms with E-state index in [0.717, 1.165) is 38.4 Å². The van der Waals surface area contributed by atoms with E-state index in [0.29, 0.717) is 6.10 Å². The standard InChI is InChI=1S/C14H23N3OS/c1-15-9-12-13(10-3-4-10)16-14(19-12)17-7-5-11(18-2)6-8-17/h10-11,15H,3-9H2,1-2H3. The SMILES string of the molecule is CNCc1sc(N2CCC(OC)CC2)nc1C1CC1. The Labute approximate surface area is 119 Å². The first-order valence-corrected chi connectivity index (χ1v) is 8.05. The van der Waals surface area contributed by atoms with Gasteiger partial charge in [0.2, 0.25) is 0 Å². The topological polar surface area (TPSA) is 37.4 Å². The van der Waals surface area contributed by atoms with Crippen LogP contribution in [-0.4, -0.2) is 38.3 Å². The summed E-state index contributed by atoms with van der Waals surface area (Å²) in [5.41, 5.74) is 1.36. The second-order valence-electron chi connectivity index (χ2n) is 5.53. The zero-order valence-corrected chi connectivity index (χ0v) is 12.6. The Morgan fingerprint density at radius 3 is 2.63 bits per heavy atom. The number of piperidine rings is 1. The highest BCUT2D eigenvalue weighted by Gasteiger charge is 2.31. The summed E-state index contributed by atoms with van der Waals surface area (Å²) in [7, 11) is 3.83. The average molecular weight is 281 g/mol. The third kappa shape index (κ3) is 2.93. The van der Waals surface area contributed by atoms with Gasteiger partial charge in [-0.2, -0.15) is 0 Å². The summed E-state index contributed by atoms with van der Waals surface area (Å²) in [6, 6.07) is 0. The van der Waals surface area contributed by atoms with Gasteiger partial charge in [-0.15, -0.1) is 11.3 Å². The molecule has 0 spiro atoms. The van der Waals surface area contributed by atoms with Crippen molar-refractivity contribution >= 4 is 16.5 Å². The predicted octanol–water partition coefficient (Wildman–Crippen LogP) is 2.36. The highest BCUT2D eigenvalue weighted by Crippen LogP contribution is 2.44. The molecule has 1 aromatic rings. The third-order valence-corrected chi connectivity index (χ3v) is 5.20. The third-order valence-electron chi connectivity index (χ3n) is 4.06. The van der Waals surface area contributed by atoms with Crippen molar-refractivity contribution in [2.75, 3.05) is 32.1 Å². The first kappa shape index (κ1) is 13.3. The van der Waals surface area contributed by atoms with E-state index in [4.69, 9.17) is 9.72 Å². The van der Waals surface area contributed by atoms with E-state index in [2.05, 4.69) is 10.2 Å². The molecule has 0 aromatic carbocycles. The molecule has 1 saturated heterocycles. The Morgan fingerprint density at radius 1 is 1.32 bits per heavy atom. The van der Waals surface area contributed by atoms with E-state index in [9.17, 15) is 0 Å². The minimum Gasteiger partial charge on any atom is -0.381 e. The van der Waals surface area contributed by atoms with Gasteiger partial charge in [0, 0.05) is 37.5 Å². The van der Waals surface area contributed by atoms with Crippen molar-refractivity contribution in [3.63, 3.8) is 0 Å². The lowest BCUT2D eigenvalue weighted by Gasteiger charge is -2.30. The van der Waals surface area contributed by atoms with Gasteiger partial charge in [-0.25, -0.2) is 4.98 Å². The fraction of sp³-hybridized carbons (Fsp3) is 0.786. The average Bonchev–Trinajstić information content (AvgIpc) is 3.21. The molecule has 1 saturated carbocycles. The molecule has 0 atom stereocenters. The molecule has 2 heterocycles. The Kier molecular flexibility index (Phi) is 4.05. The van der Waals surface area contributed by atoms with Crippen molar-refractivity contribution in [3.05, 3.63) is 10.6 Å². The summed E-state index contributed by atoms with van der Waals surface area (Å²) in [4.78, 5) is 8.80. The number of aromatic nitrogens is 1. The van der Waals surface area contributed by atoms with Gasteiger partial charge in [0.1, 0.15) is 0 Å². The normalized spacial score (nSPS) is 21.1. The first-order valence-electron chi connectivity index (χ1n) is 7.23. The van der Waals surface area contributed by atoms with Crippen LogP contribution in [0.15, 0.2) is 0 Å². The quantitative estimate of drug-likeness (QED) is 0.899. The van der Waals surface area contributed by atoms with Gasteiger partial charge in [0.25, 0.3) is 0 Å². The van der Waals surface area contributed by atoms with Crippen LogP contribution in [0.4, 0.5) is 5.13 Å². The van der Waals surface area contributed by atoms with E-state index in [1.165, 1.54) is 28.5 Å². The molecule has 1 aliphatic carbocycles. The van der Waals surface area contributed by atoms with Crippen LogP contribution >= 0.6 is 11.3 Å². The molecule has 2 aliphatic rings. The minimum atomic E-state index is 0.441. The number of hydrogen-bond donors (Lipinski definition) is 1. The minimum absolute atomic E-state index is 0.441. The van der Waals surface area contributed by atoms with Crippen LogP contribution in [0.2, 0.25) is 0 Å². The number of ether oxygens (including phenoxy) is 1. The van der Waals surface area contributed by atoms with Crippen molar-refractivity contribution in [2.24, 2.45) is 0 Å². The van der Waals surface area contributed by atoms with Crippen LogP contribution < -0.4 is 10.2 Å². The molecule has 3 rings (SSSR count). The Morgan fingerprint density at radius 2 is 2.05 bits per heavy atom. The maximum absolute atomic E-state index is 5.44. The van der Waals surface area contributed by atoms with Crippen LogP contribution in [0.5, 0.6) is 0 Å². The number of hydrogen-bond acceptors (Lipinski definition) is 5. The largest absolute Gasteiger partial charge is 0.381 e. The van der Waals surface area contributed by atoms with Crippen LogP contribution in [-0.2, 0) is 11.3 Å². The number of rotatable bonds is 5. The Hall–Kier alpha value is -0.650. The molecule has 0 amide bonds. The van der Waals surface area contributed by atoms with Gasteiger partial charge in [0.05, 0.1) is 11.8 Å². The van der Waals surface area contributed by atoms with E-state index in [1.807, 2.05) is 25.5 Å². The lowest BCUT2D eigenvalue weighted by atomic mass is 10.1. The molecule has 5 heteroatoms. The zero-order chi connectivity index (χ0) is 13.2. The van der Waals surface area contributed by atoms with E-state index < -0.39 is 0 Å². The molecule has 1 aliphatic heterocycles. The van der Waals surface area contributed by atoms with Gasteiger partial charge in [0.15, 0.2) is 5.13 Å². The molecule has 106 valence electrons. The summed E-state index contributed by atoms with van der Waals surface area (Å²) < 4.78 is 5.44. The molecule has 0 bridgehead atoms. The number of anilines is 1. The Balaban J connectivity index is 1.72. The van der Waals surface area contributed by atoms with Crippen molar-refractivity contribution in [3.8, 4) is 0 Å². The van der Waals surface area contributed by atoms with Crippen molar-refractivity contribution in [1.82, 2.24) is 10.3 Å². The summed E-state index contributed by atoms with van der Waals surface area (Å²) >= 11 is 1.88. The van der Waals surface area contributed by atoms with Crippen LogP contribution in [0.1, 0.15) is 42.2 Å². The summed E-state index contributed by atoms with van der Waals surface area (Å²) in [5.74, 6) is 0.741. The van der Waals surface area contributed by atoms with Gasteiger partial charge < -0.3 is 15.0 Å². The smallest absolute Gasteiger partial charge is 0.185 e. The molecule has 2 fully saturated rings. The lowest BCUT2D eigenvalue weighted by Crippen LogP contribution is -2.36. The fourth-order valence-electron chi connectivity index (χ4n) is 2.73. The maximum Gasteiger partial charge on any atom is 0.185 e.